The molecular weight excluding hydrogens is 560 g/mol. The third kappa shape index (κ3) is 6.08. The van der Waals surface area contributed by atoms with E-state index >= 15 is 0 Å². The highest BCUT2D eigenvalue weighted by Gasteiger charge is 2.31. The number of nitrogens with zero attached hydrogens (tertiary/aromatic N) is 5. The molecular formula is C28H28F4N6O4. The van der Waals surface area contributed by atoms with Gasteiger partial charge in [-0.15, -0.1) is 0 Å². The molecule has 3 heterocycles. The molecule has 0 aliphatic carbocycles. The lowest BCUT2D eigenvalue weighted by Crippen LogP contribution is -2.25. The standard InChI is InChI=1S/C28H28F4N6O4/c1-37(27(39)40)21-8-4-3-7-16(21)14-33-24-19-15-34-38(23-9-5-6-10-42-23)26(19)36-25(35-24)18-12-20(29)22(41-2)11-17(18)13-28(30,31)32/h3-4,7-8,11-12,15,23H,5-6,9-10,13-14H2,1-2H3,(H,39,40)(H,33,35,36). The summed E-state index contributed by atoms with van der Waals surface area (Å²) in [6.45, 7) is 0.624. The van der Waals surface area contributed by atoms with Crippen LogP contribution in [0.2, 0.25) is 0 Å². The van der Waals surface area contributed by atoms with Gasteiger partial charge in [-0.1, -0.05) is 18.2 Å². The smallest absolute Gasteiger partial charge is 0.411 e. The minimum atomic E-state index is -4.60. The molecule has 0 bridgehead atoms. The fourth-order valence-corrected chi connectivity index (χ4v) is 4.90. The number of fused-ring (bicyclic) bond motifs is 1. The average Bonchev–Trinajstić information content (AvgIpc) is 3.40. The molecule has 4 aromatic rings. The van der Waals surface area contributed by atoms with Crippen molar-refractivity contribution in [3.8, 4) is 17.1 Å². The fourth-order valence-electron chi connectivity index (χ4n) is 4.90. The number of aromatic nitrogens is 4. The molecule has 1 aliphatic rings. The van der Waals surface area contributed by atoms with Crippen LogP contribution < -0.4 is 15.0 Å². The van der Waals surface area contributed by atoms with Gasteiger partial charge in [-0.05, 0) is 48.6 Å². The third-order valence-corrected chi connectivity index (χ3v) is 6.98. The van der Waals surface area contributed by atoms with Crippen LogP contribution in [-0.4, -0.2) is 57.9 Å². The number of anilines is 2. The second kappa shape index (κ2) is 11.8. The third-order valence-electron chi connectivity index (χ3n) is 6.98. The Labute approximate surface area is 237 Å². The number of alkyl halides is 3. The minimum absolute atomic E-state index is 0.108. The Balaban J connectivity index is 1.64. The lowest BCUT2D eigenvalue weighted by Gasteiger charge is -2.23. The Hall–Kier alpha value is -4.46. The van der Waals surface area contributed by atoms with Crippen molar-refractivity contribution in [2.45, 2.75) is 44.6 Å². The summed E-state index contributed by atoms with van der Waals surface area (Å²) in [5.74, 6) is -1.14. The Morgan fingerprint density at radius 3 is 2.69 bits per heavy atom. The van der Waals surface area contributed by atoms with E-state index in [2.05, 4.69) is 20.4 Å². The molecule has 2 aromatic carbocycles. The summed E-state index contributed by atoms with van der Waals surface area (Å²) in [5, 5.41) is 17.6. The Kier molecular flexibility index (Phi) is 8.16. The summed E-state index contributed by atoms with van der Waals surface area (Å²) >= 11 is 0. The Morgan fingerprint density at radius 2 is 2.00 bits per heavy atom. The lowest BCUT2D eigenvalue weighted by atomic mass is 10.0. The first-order valence-electron chi connectivity index (χ1n) is 13.1. The van der Waals surface area contributed by atoms with Crippen molar-refractivity contribution < 1.29 is 36.9 Å². The maximum Gasteiger partial charge on any atom is 0.411 e. The van der Waals surface area contributed by atoms with Gasteiger partial charge < -0.3 is 19.9 Å². The summed E-state index contributed by atoms with van der Waals surface area (Å²) in [6, 6.07) is 8.76. The number of para-hydroxylation sites is 1. The number of hydrogen-bond acceptors (Lipinski definition) is 7. The van der Waals surface area contributed by atoms with E-state index in [9.17, 15) is 27.5 Å². The number of rotatable bonds is 8. The van der Waals surface area contributed by atoms with Crippen LogP contribution >= 0.6 is 0 Å². The van der Waals surface area contributed by atoms with Gasteiger partial charge in [0, 0.05) is 25.8 Å². The Morgan fingerprint density at radius 1 is 1.21 bits per heavy atom. The van der Waals surface area contributed by atoms with Crippen LogP contribution in [0.1, 0.15) is 36.6 Å². The maximum absolute atomic E-state index is 14.9. The van der Waals surface area contributed by atoms with Gasteiger partial charge in [0.1, 0.15) is 5.82 Å². The molecule has 0 saturated carbocycles. The van der Waals surface area contributed by atoms with Gasteiger partial charge in [0.2, 0.25) is 0 Å². The highest BCUT2D eigenvalue weighted by molar-refractivity contribution is 5.89. The van der Waals surface area contributed by atoms with E-state index in [4.69, 9.17) is 9.47 Å². The van der Waals surface area contributed by atoms with Crippen LogP contribution in [0.4, 0.5) is 33.9 Å². The largest absolute Gasteiger partial charge is 0.494 e. The van der Waals surface area contributed by atoms with E-state index < -0.39 is 30.7 Å². The monoisotopic (exact) mass is 588 g/mol. The predicted molar refractivity (Wildman–Crippen MR) is 146 cm³/mol. The number of nitrogens with one attached hydrogen (secondary N) is 1. The van der Waals surface area contributed by atoms with Crippen LogP contribution in [0, 0.1) is 5.82 Å². The minimum Gasteiger partial charge on any atom is -0.494 e. The van der Waals surface area contributed by atoms with E-state index in [1.165, 1.54) is 20.4 Å². The van der Waals surface area contributed by atoms with E-state index in [1.807, 2.05) is 0 Å². The highest BCUT2D eigenvalue weighted by atomic mass is 19.4. The van der Waals surface area contributed by atoms with Gasteiger partial charge >= 0.3 is 12.3 Å². The van der Waals surface area contributed by atoms with Gasteiger partial charge in [-0.2, -0.15) is 18.3 Å². The van der Waals surface area contributed by atoms with E-state index in [0.717, 1.165) is 29.9 Å². The summed E-state index contributed by atoms with van der Waals surface area (Å²) in [6.07, 6.45) is -3.59. The number of halogens is 4. The maximum atomic E-state index is 14.9. The zero-order valence-corrected chi connectivity index (χ0v) is 22.8. The molecule has 5 rings (SSSR count). The molecule has 1 amide bonds. The zero-order valence-electron chi connectivity index (χ0n) is 22.8. The normalized spacial score (nSPS) is 15.5. The molecule has 0 spiro atoms. The van der Waals surface area contributed by atoms with Crippen molar-refractivity contribution in [1.29, 1.82) is 0 Å². The molecule has 2 aromatic heterocycles. The topological polar surface area (TPSA) is 115 Å². The summed E-state index contributed by atoms with van der Waals surface area (Å²) in [7, 11) is 2.58. The van der Waals surface area contributed by atoms with E-state index in [-0.39, 0.29) is 35.1 Å². The van der Waals surface area contributed by atoms with E-state index in [1.54, 1.807) is 28.9 Å². The molecule has 42 heavy (non-hydrogen) atoms. The molecule has 10 nitrogen and oxygen atoms in total. The van der Waals surface area contributed by atoms with Gasteiger partial charge in [0.15, 0.2) is 29.3 Å². The van der Waals surface area contributed by atoms with Crippen molar-refractivity contribution in [3.05, 3.63) is 59.5 Å². The fraction of sp³-hybridized carbons (Fsp3) is 0.357. The molecule has 1 fully saturated rings. The van der Waals surface area contributed by atoms with Crippen LogP contribution in [0.3, 0.4) is 0 Å². The molecule has 0 radical (unpaired) electrons. The quantitative estimate of drug-likeness (QED) is 0.235. The van der Waals surface area contributed by atoms with Crippen molar-refractivity contribution in [1.82, 2.24) is 19.7 Å². The first kappa shape index (κ1) is 29.0. The van der Waals surface area contributed by atoms with Crippen molar-refractivity contribution >= 4 is 28.6 Å². The number of carbonyl (C=O) groups is 1. The number of ether oxygens (including phenoxy) is 2. The van der Waals surface area contributed by atoms with Gasteiger partial charge in [0.05, 0.1) is 30.8 Å². The number of amides is 1. The SMILES string of the molecule is COc1cc(CC(F)(F)F)c(-c2nc(NCc3ccccc3N(C)C(=O)O)c3cnn(C4CCCCO4)c3n2)cc1F. The first-order chi connectivity index (χ1) is 20.1. The predicted octanol–water partition coefficient (Wildman–Crippen LogP) is 6.17. The first-order valence-corrected chi connectivity index (χ1v) is 13.1. The molecule has 2 N–H and O–H groups in total. The second-order valence-electron chi connectivity index (χ2n) is 9.80. The molecule has 1 atom stereocenters. The van der Waals surface area contributed by atoms with Crippen LogP contribution in [0.25, 0.3) is 22.4 Å². The highest BCUT2D eigenvalue weighted by Crippen LogP contribution is 2.36. The van der Waals surface area contributed by atoms with Gasteiger partial charge in [0.25, 0.3) is 0 Å². The van der Waals surface area contributed by atoms with Crippen molar-refractivity contribution in [2.75, 3.05) is 31.0 Å². The number of benzene rings is 2. The van der Waals surface area contributed by atoms with Crippen LogP contribution in [0.15, 0.2) is 42.6 Å². The van der Waals surface area contributed by atoms with Crippen molar-refractivity contribution in [3.63, 3.8) is 0 Å². The zero-order chi connectivity index (χ0) is 30.0. The lowest BCUT2D eigenvalue weighted by molar-refractivity contribution is -0.127. The second-order valence-corrected chi connectivity index (χ2v) is 9.80. The van der Waals surface area contributed by atoms with Crippen LogP contribution in [0.5, 0.6) is 5.75 Å². The van der Waals surface area contributed by atoms with Gasteiger partial charge in [-0.25, -0.2) is 23.8 Å². The number of carboxylic acid groups (broad SMARTS) is 1. The van der Waals surface area contributed by atoms with Crippen molar-refractivity contribution in [2.24, 2.45) is 0 Å². The summed E-state index contributed by atoms with van der Waals surface area (Å²) < 4.78 is 67.9. The summed E-state index contributed by atoms with van der Waals surface area (Å²) in [4.78, 5) is 21.8. The molecule has 14 heteroatoms. The van der Waals surface area contributed by atoms with E-state index in [0.29, 0.717) is 35.3 Å². The summed E-state index contributed by atoms with van der Waals surface area (Å²) in [5.41, 5.74) is 0.920. The van der Waals surface area contributed by atoms with Gasteiger partial charge in [-0.3, -0.25) is 4.90 Å². The Bertz CT molecular complexity index is 1600. The molecule has 222 valence electrons. The number of hydrogen-bond donors (Lipinski definition) is 2. The van der Waals surface area contributed by atoms with Crippen LogP contribution in [-0.2, 0) is 17.7 Å². The number of methoxy groups -OCH3 is 1. The molecule has 1 saturated heterocycles. The molecule has 1 aliphatic heterocycles. The molecule has 1 unspecified atom stereocenters. The average molecular weight is 589 g/mol.